The third kappa shape index (κ3) is 2.34. The van der Waals surface area contributed by atoms with Crippen LogP contribution in [-0.2, 0) is 6.18 Å². The highest BCUT2D eigenvalue weighted by Crippen LogP contribution is 2.38. The first-order valence-electron chi connectivity index (χ1n) is 3.44. The molecule has 0 aromatic carbocycles. The highest BCUT2D eigenvalue weighted by Gasteiger charge is 2.39. The monoisotopic (exact) mass is 249 g/mol. The minimum absolute atomic E-state index is 0.342. The summed E-state index contributed by atoms with van der Waals surface area (Å²) >= 11 is 5.02. The Bertz CT molecular complexity index is 374. The third-order valence-corrected chi connectivity index (χ3v) is 1.78. The molecule has 1 heterocycles. The fourth-order valence-corrected chi connectivity index (χ4v) is 1.13. The largest absolute Gasteiger partial charge is 0.420 e. The molecule has 15 heavy (non-hydrogen) atoms. The Hall–Kier alpha value is -0.980. The number of hydrogen-bond acceptors (Lipinski definition) is 1. The summed E-state index contributed by atoms with van der Waals surface area (Å²) in [6, 6.07) is 0. The maximum atomic E-state index is 12.9. The van der Waals surface area contributed by atoms with Crippen LogP contribution in [0.4, 0.5) is 26.3 Å². The van der Waals surface area contributed by atoms with Gasteiger partial charge in [0.05, 0.1) is 5.02 Å². The van der Waals surface area contributed by atoms with Crippen molar-refractivity contribution in [1.82, 2.24) is 4.98 Å². The molecule has 1 aromatic heterocycles. The smallest absolute Gasteiger partial charge is 0.251 e. The molecule has 84 valence electrons. The van der Waals surface area contributed by atoms with E-state index >= 15 is 0 Å². The Morgan fingerprint density at radius 2 is 1.80 bits per heavy atom. The molecule has 0 amide bonds. The summed E-state index contributed by atoms with van der Waals surface area (Å²) in [6.45, 7) is 0. The number of aromatic nitrogens is 1. The van der Waals surface area contributed by atoms with E-state index in [2.05, 4.69) is 4.98 Å². The van der Waals surface area contributed by atoms with E-state index in [0.29, 0.717) is 6.20 Å². The van der Waals surface area contributed by atoms with E-state index in [4.69, 9.17) is 11.6 Å². The van der Waals surface area contributed by atoms with Crippen molar-refractivity contribution >= 4 is 11.6 Å². The van der Waals surface area contributed by atoms with Gasteiger partial charge in [-0.25, -0.2) is 13.2 Å². The molecule has 0 bridgehead atoms. The molecule has 0 saturated carbocycles. The van der Waals surface area contributed by atoms with Gasteiger partial charge in [-0.1, -0.05) is 11.6 Å². The molecule has 0 unspecified atom stereocenters. The lowest BCUT2D eigenvalue weighted by molar-refractivity contribution is -0.140. The summed E-state index contributed by atoms with van der Waals surface area (Å²) in [5, 5.41) is -1.05. The van der Waals surface area contributed by atoms with Crippen LogP contribution in [0, 0.1) is 5.82 Å². The van der Waals surface area contributed by atoms with Gasteiger partial charge in [0.15, 0.2) is 5.82 Å². The lowest BCUT2D eigenvalue weighted by atomic mass is 10.2. The average molecular weight is 250 g/mol. The van der Waals surface area contributed by atoms with Crippen LogP contribution < -0.4 is 0 Å². The molecule has 0 spiro atoms. The summed E-state index contributed by atoms with van der Waals surface area (Å²) in [6.07, 6.45) is -8.22. The van der Waals surface area contributed by atoms with E-state index in [1.807, 2.05) is 0 Å². The van der Waals surface area contributed by atoms with E-state index in [9.17, 15) is 26.3 Å². The van der Waals surface area contributed by atoms with Gasteiger partial charge in [0, 0.05) is 6.20 Å². The zero-order valence-corrected chi connectivity index (χ0v) is 7.50. The van der Waals surface area contributed by atoms with Gasteiger partial charge in [-0.2, -0.15) is 13.2 Å². The van der Waals surface area contributed by atoms with E-state index in [1.165, 1.54) is 0 Å². The molecular formula is C7H2ClF6N. The van der Waals surface area contributed by atoms with Gasteiger partial charge in [-0.05, 0) is 0 Å². The van der Waals surface area contributed by atoms with Gasteiger partial charge >= 0.3 is 6.18 Å². The van der Waals surface area contributed by atoms with Gasteiger partial charge in [0.1, 0.15) is 11.3 Å². The van der Waals surface area contributed by atoms with Gasteiger partial charge in [0.25, 0.3) is 6.43 Å². The standard InChI is InChI=1S/C7H2ClF6N/c8-2-1-15-5(6(10)11)4(9)3(2)7(12,13)14/h1,6H. The SMILES string of the molecule is Fc1c(C(F)F)ncc(Cl)c1C(F)(F)F. The van der Waals surface area contributed by atoms with Crippen LogP contribution in [0.5, 0.6) is 0 Å². The van der Waals surface area contributed by atoms with E-state index < -0.39 is 34.7 Å². The Kier molecular flexibility index (Phi) is 3.13. The van der Waals surface area contributed by atoms with Crippen molar-refractivity contribution < 1.29 is 26.3 Å². The fraction of sp³-hybridized carbons (Fsp3) is 0.286. The van der Waals surface area contributed by atoms with E-state index in [0.717, 1.165) is 0 Å². The third-order valence-electron chi connectivity index (χ3n) is 1.49. The Balaban J connectivity index is 3.44. The van der Waals surface area contributed by atoms with Gasteiger partial charge in [-0.3, -0.25) is 4.98 Å². The highest BCUT2D eigenvalue weighted by molar-refractivity contribution is 6.31. The van der Waals surface area contributed by atoms with E-state index in [1.54, 1.807) is 0 Å². The number of halogens is 7. The Morgan fingerprint density at radius 1 is 1.27 bits per heavy atom. The second-order valence-electron chi connectivity index (χ2n) is 2.48. The van der Waals surface area contributed by atoms with E-state index in [-0.39, 0.29) is 0 Å². The first kappa shape index (κ1) is 12.1. The summed E-state index contributed by atoms with van der Waals surface area (Å²) in [7, 11) is 0. The van der Waals surface area contributed by atoms with Gasteiger partial charge in [0.2, 0.25) is 0 Å². The van der Waals surface area contributed by atoms with Crippen molar-refractivity contribution in [2.45, 2.75) is 12.6 Å². The van der Waals surface area contributed by atoms with Crippen molar-refractivity contribution in [3.05, 3.63) is 28.3 Å². The van der Waals surface area contributed by atoms with Crippen molar-refractivity contribution in [2.75, 3.05) is 0 Å². The molecule has 1 aromatic rings. The molecule has 0 N–H and O–H groups in total. The van der Waals surface area contributed by atoms with Crippen LogP contribution >= 0.6 is 11.6 Å². The molecule has 0 radical (unpaired) electrons. The molecule has 1 rings (SSSR count). The molecule has 0 aliphatic carbocycles. The van der Waals surface area contributed by atoms with Crippen LogP contribution in [0.25, 0.3) is 0 Å². The van der Waals surface area contributed by atoms with Gasteiger partial charge < -0.3 is 0 Å². The lowest BCUT2D eigenvalue weighted by Gasteiger charge is -2.11. The number of alkyl halides is 5. The second-order valence-corrected chi connectivity index (χ2v) is 2.89. The van der Waals surface area contributed by atoms with Crippen LogP contribution in [0.15, 0.2) is 6.20 Å². The fourth-order valence-electron chi connectivity index (χ4n) is 0.892. The molecule has 0 atom stereocenters. The Labute approximate surface area is 84.7 Å². The van der Waals surface area contributed by atoms with Crippen LogP contribution in [0.2, 0.25) is 5.02 Å². The molecule has 0 saturated heterocycles. The Morgan fingerprint density at radius 3 is 2.20 bits per heavy atom. The van der Waals surface area contributed by atoms with Crippen molar-refractivity contribution in [1.29, 1.82) is 0 Å². The molecule has 8 heteroatoms. The molecule has 0 fully saturated rings. The lowest BCUT2D eigenvalue weighted by Crippen LogP contribution is -2.12. The number of rotatable bonds is 1. The zero-order chi connectivity index (χ0) is 11.8. The zero-order valence-electron chi connectivity index (χ0n) is 6.75. The minimum atomic E-state index is -5.13. The van der Waals surface area contributed by atoms with Gasteiger partial charge in [-0.15, -0.1) is 0 Å². The topological polar surface area (TPSA) is 12.9 Å². The number of hydrogen-bond donors (Lipinski definition) is 0. The first-order valence-corrected chi connectivity index (χ1v) is 3.82. The predicted molar refractivity (Wildman–Crippen MR) is 39.2 cm³/mol. The molecule has 0 aliphatic heterocycles. The van der Waals surface area contributed by atoms with Crippen molar-refractivity contribution in [3.63, 3.8) is 0 Å². The van der Waals surface area contributed by atoms with Crippen LogP contribution in [0.3, 0.4) is 0 Å². The maximum Gasteiger partial charge on any atom is 0.420 e. The summed E-state index contributed by atoms with van der Waals surface area (Å²) in [4.78, 5) is 2.79. The predicted octanol–water partition coefficient (Wildman–Crippen LogP) is 3.83. The molecule has 1 nitrogen and oxygen atoms in total. The summed E-state index contributed by atoms with van der Waals surface area (Å²) in [5.41, 5.74) is -3.49. The summed E-state index contributed by atoms with van der Waals surface area (Å²) < 4.78 is 73.4. The minimum Gasteiger partial charge on any atom is -0.251 e. The number of pyridine rings is 1. The quantitative estimate of drug-likeness (QED) is 0.689. The van der Waals surface area contributed by atoms with Crippen molar-refractivity contribution in [3.8, 4) is 0 Å². The second kappa shape index (κ2) is 3.88. The van der Waals surface area contributed by atoms with Crippen molar-refractivity contribution in [2.24, 2.45) is 0 Å². The van der Waals surface area contributed by atoms with Crippen LogP contribution in [-0.4, -0.2) is 4.98 Å². The highest BCUT2D eigenvalue weighted by atomic mass is 35.5. The normalized spacial score (nSPS) is 12.3. The molecular weight excluding hydrogens is 248 g/mol. The maximum absolute atomic E-state index is 12.9. The first-order chi connectivity index (χ1) is 6.75. The number of nitrogens with zero attached hydrogens (tertiary/aromatic N) is 1. The average Bonchev–Trinajstić information content (AvgIpc) is 2.00. The van der Waals surface area contributed by atoms with Crippen LogP contribution in [0.1, 0.15) is 17.7 Å². The molecule has 0 aliphatic rings. The summed E-state index contributed by atoms with van der Waals surface area (Å²) in [5.74, 6) is -2.13.